The number of nitrogens with zero attached hydrogens (tertiary/aromatic N) is 4. The first-order chi connectivity index (χ1) is 9.65. The molecule has 0 amide bonds. The number of nitrogens with one attached hydrogen (secondary N) is 1. The van der Waals surface area contributed by atoms with Crippen molar-refractivity contribution in [3.63, 3.8) is 0 Å². The van der Waals surface area contributed by atoms with Gasteiger partial charge in [-0.1, -0.05) is 23.9 Å². The fourth-order valence-corrected chi connectivity index (χ4v) is 2.74. The van der Waals surface area contributed by atoms with E-state index in [0.717, 1.165) is 5.16 Å². The molecule has 0 saturated heterocycles. The first kappa shape index (κ1) is 12.9. The van der Waals surface area contributed by atoms with Crippen LogP contribution in [0, 0.1) is 0 Å². The highest BCUT2D eigenvalue weighted by molar-refractivity contribution is 7.99. The summed E-state index contributed by atoms with van der Waals surface area (Å²) < 4.78 is 1.83. The predicted octanol–water partition coefficient (Wildman–Crippen LogP) is 1.90. The van der Waals surface area contributed by atoms with Crippen LogP contribution >= 0.6 is 11.8 Å². The van der Waals surface area contributed by atoms with Crippen LogP contribution in [0.15, 0.2) is 40.5 Å². The first-order valence-corrected chi connectivity index (χ1v) is 7.03. The summed E-state index contributed by atoms with van der Waals surface area (Å²) in [6.07, 6.45) is 1.64. The predicted molar refractivity (Wildman–Crippen MR) is 77.6 cm³/mol. The van der Waals surface area contributed by atoms with E-state index in [-0.39, 0.29) is 10.8 Å². The fraction of sp³-hybridized carbons (Fsp3) is 0.231. The van der Waals surface area contributed by atoms with Crippen molar-refractivity contribution in [2.24, 2.45) is 7.05 Å². The summed E-state index contributed by atoms with van der Waals surface area (Å²) in [5.41, 5.74) is 0.590. The molecule has 0 saturated carbocycles. The molecule has 0 aliphatic rings. The van der Waals surface area contributed by atoms with E-state index in [0.29, 0.717) is 16.7 Å². The van der Waals surface area contributed by atoms with Gasteiger partial charge in [0.2, 0.25) is 0 Å². The Morgan fingerprint density at radius 1 is 1.35 bits per heavy atom. The molecule has 0 radical (unpaired) electrons. The third kappa shape index (κ3) is 2.32. The van der Waals surface area contributed by atoms with E-state index in [1.165, 1.54) is 11.8 Å². The molecule has 3 aromatic rings. The maximum absolute atomic E-state index is 12.0. The third-order valence-corrected chi connectivity index (χ3v) is 4.13. The van der Waals surface area contributed by atoms with Crippen LogP contribution in [0.3, 0.4) is 0 Å². The lowest BCUT2D eigenvalue weighted by atomic mass is 10.2. The Balaban J connectivity index is 1.98. The molecular formula is C13H13N5OS. The normalized spacial score (nSPS) is 12.7. The average Bonchev–Trinajstić information content (AvgIpc) is 2.84. The Bertz CT molecular complexity index is 810. The summed E-state index contributed by atoms with van der Waals surface area (Å²) >= 11 is 1.50. The molecule has 1 atom stereocenters. The molecule has 3 rings (SSSR count). The van der Waals surface area contributed by atoms with Crippen molar-refractivity contribution in [3.05, 3.63) is 46.8 Å². The minimum atomic E-state index is -0.115. The third-order valence-electron chi connectivity index (χ3n) is 2.97. The highest BCUT2D eigenvalue weighted by Gasteiger charge is 2.14. The minimum absolute atomic E-state index is 0.0183. The van der Waals surface area contributed by atoms with Crippen LogP contribution < -0.4 is 5.56 Å². The zero-order valence-electron chi connectivity index (χ0n) is 11.1. The molecule has 0 aliphatic heterocycles. The summed E-state index contributed by atoms with van der Waals surface area (Å²) in [6.45, 7) is 1.98. The van der Waals surface area contributed by atoms with Crippen LogP contribution in [0.25, 0.3) is 10.9 Å². The second kappa shape index (κ2) is 5.09. The lowest BCUT2D eigenvalue weighted by molar-refractivity contribution is 0.781. The monoisotopic (exact) mass is 287 g/mol. The van der Waals surface area contributed by atoms with E-state index < -0.39 is 0 Å². The van der Waals surface area contributed by atoms with Crippen molar-refractivity contribution in [1.82, 2.24) is 24.7 Å². The van der Waals surface area contributed by atoms with Crippen LogP contribution in [-0.4, -0.2) is 24.7 Å². The van der Waals surface area contributed by atoms with Crippen LogP contribution in [-0.2, 0) is 7.05 Å². The summed E-state index contributed by atoms with van der Waals surface area (Å²) in [7, 11) is 1.88. The van der Waals surface area contributed by atoms with Crippen molar-refractivity contribution in [1.29, 1.82) is 0 Å². The van der Waals surface area contributed by atoms with Gasteiger partial charge in [-0.15, -0.1) is 10.2 Å². The van der Waals surface area contributed by atoms with Crippen LogP contribution in [0.2, 0.25) is 0 Å². The SMILES string of the molecule is C[C@@H](Sc1nncn1C)c1nc2ccccc2c(=O)[nH]1. The van der Waals surface area contributed by atoms with E-state index in [1.54, 1.807) is 12.4 Å². The molecule has 0 aliphatic carbocycles. The zero-order chi connectivity index (χ0) is 14.1. The van der Waals surface area contributed by atoms with Crippen molar-refractivity contribution in [3.8, 4) is 0 Å². The maximum atomic E-state index is 12.0. The topological polar surface area (TPSA) is 76.5 Å². The maximum Gasteiger partial charge on any atom is 0.258 e. The summed E-state index contributed by atoms with van der Waals surface area (Å²) in [6, 6.07) is 7.31. The van der Waals surface area contributed by atoms with Crippen LogP contribution in [0.4, 0.5) is 0 Å². The number of aryl methyl sites for hydroxylation is 1. The number of hydrogen-bond acceptors (Lipinski definition) is 5. The molecule has 102 valence electrons. The minimum Gasteiger partial charge on any atom is -0.312 e. The molecular weight excluding hydrogens is 274 g/mol. The van der Waals surface area contributed by atoms with E-state index in [1.807, 2.05) is 36.7 Å². The Kier molecular flexibility index (Phi) is 3.27. The van der Waals surface area contributed by atoms with E-state index >= 15 is 0 Å². The zero-order valence-corrected chi connectivity index (χ0v) is 11.9. The van der Waals surface area contributed by atoms with Gasteiger partial charge in [-0.2, -0.15) is 0 Å². The molecule has 1 N–H and O–H groups in total. The van der Waals surface area contributed by atoms with E-state index in [9.17, 15) is 4.79 Å². The average molecular weight is 287 g/mol. The molecule has 2 heterocycles. The lowest BCUT2D eigenvalue weighted by Crippen LogP contribution is -2.13. The van der Waals surface area contributed by atoms with Crippen molar-refractivity contribution >= 4 is 22.7 Å². The number of aromatic amines is 1. The quantitative estimate of drug-likeness (QED) is 0.745. The van der Waals surface area contributed by atoms with E-state index in [2.05, 4.69) is 20.2 Å². The Morgan fingerprint density at radius 3 is 2.90 bits per heavy atom. The molecule has 20 heavy (non-hydrogen) atoms. The van der Waals surface area contributed by atoms with Gasteiger partial charge in [-0.05, 0) is 19.1 Å². The van der Waals surface area contributed by atoms with Gasteiger partial charge >= 0.3 is 0 Å². The molecule has 0 spiro atoms. The van der Waals surface area contributed by atoms with E-state index in [4.69, 9.17) is 0 Å². The molecule has 6 nitrogen and oxygen atoms in total. The largest absolute Gasteiger partial charge is 0.312 e. The summed E-state index contributed by atoms with van der Waals surface area (Å²) in [5.74, 6) is 0.640. The molecule has 1 aromatic carbocycles. The van der Waals surface area contributed by atoms with Gasteiger partial charge in [-0.25, -0.2) is 4.98 Å². The van der Waals surface area contributed by atoms with Crippen molar-refractivity contribution in [2.45, 2.75) is 17.3 Å². The summed E-state index contributed by atoms with van der Waals surface area (Å²) in [4.78, 5) is 19.4. The van der Waals surface area contributed by atoms with Gasteiger partial charge in [0, 0.05) is 7.05 Å². The number of H-pyrrole nitrogens is 1. The van der Waals surface area contributed by atoms with Gasteiger partial charge in [0.15, 0.2) is 5.16 Å². The Hall–Kier alpha value is -2.15. The van der Waals surface area contributed by atoms with Gasteiger partial charge in [0.25, 0.3) is 5.56 Å². The molecule has 0 bridgehead atoms. The number of aromatic nitrogens is 5. The van der Waals surface area contributed by atoms with Gasteiger partial charge in [0.05, 0.1) is 16.2 Å². The first-order valence-electron chi connectivity index (χ1n) is 6.15. The molecule has 0 unspecified atom stereocenters. The van der Waals surface area contributed by atoms with Crippen molar-refractivity contribution < 1.29 is 0 Å². The van der Waals surface area contributed by atoms with Crippen LogP contribution in [0.1, 0.15) is 18.0 Å². The number of thioether (sulfide) groups is 1. The van der Waals surface area contributed by atoms with Gasteiger partial charge in [-0.3, -0.25) is 4.79 Å². The van der Waals surface area contributed by atoms with Gasteiger partial charge in [0.1, 0.15) is 12.2 Å². The number of fused-ring (bicyclic) bond motifs is 1. The Morgan fingerprint density at radius 2 is 2.15 bits per heavy atom. The lowest BCUT2D eigenvalue weighted by Gasteiger charge is -2.10. The highest BCUT2D eigenvalue weighted by atomic mass is 32.2. The van der Waals surface area contributed by atoms with Crippen LogP contribution in [0.5, 0.6) is 0 Å². The van der Waals surface area contributed by atoms with Crippen molar-refractivity contribution in [2.75, 3.05) is 0 Å². The summed E-state index contributed by atoms with van der Waals surface area (Å²) in [5, 5.41) is 9.23. The number of para-hydroxylation sites is 1. The molecule has 2 aromatic heterocycles. The number of hydrogen-bond donors (Lipinski definition) is 1. The van der Waals surface area contributed by atoms with Gasteiger partial charge < -0.3 is 9.55 Å². The Labute approximate surface area is 119 Å². The fourth-order valence-electron chi connectivity index (χ4n) is 1.89. The molecule has 7 heteroatoms. The molecule has 0 fully saturated rings. The highest BCUT2D eigenvalue weighted by Crippen LogP contribution is 2.31. The number of rotatable bonds is 3. The second-order valence-electron chi connectivity index (χ2n) is 4.45. The smallest absolute Gasteiger partial charge is 0.258 e. The number of benzene rings is 1. The standard InChI is InChI=1S/C13H13N5OS/c1-8(20-13-17-14-7-18(13)2)11-15-10-6-4-3-5-9(10)12(19)16-11/h3-8H,1-2H3,(H,15,16,19)/t8-/m1/s1. The second-order valence-corrected chi connectivity index (χ2v) is 5.76.